The highest BCUT2D eigenvalue weighted by Gasteiger charge is 2.47. The molecular formula is C50H53N7O9S2. The standard InChI is InChI=1S/C50H53N7O9S2/c1-26(2)44(58)31-17-29-38(19-36(31)61-9)65-22-34-41(53-57(42(29)34)28-12-16-68-25-28)48(60)55-13-14-63-45(50(55,6)7)35-23-66-46(51-35)32-18-30-39(20-37(32)62-10)64-21-33-40(47(59)54(8)49(3,4)5)52-56(43(30)33)27-11-15-67-24-27/h11-12,15-20,23-26,44-45,58H,13-14,21-22H2,1-10H3. The fraction of sp³-hybridized carbons (Fsp3) is 0.380. The Labute approximate surface area is 401 Å². The molecule has 3 aliphatic rings. The van der Waals surface area contributed by atoms with Gasteiger partial charge in [-0.3, -0.25) is 9.59 Å². The van der Waals surface area contributed by atoms with Gasteiger partial charge in [-0.1, -0.05) is 13.8 Å². The summed E-state index contributed by atoms with van der Waals surface area (Å²) in [6, 6.07) is 11.3. The van der Waals surface area contributed by atoms with Gasteiger partial charge in [0.1, 0.15) is 54.3 Å². The number of ether oxygens (including phenoxy) is 5. The van der Waals surface area contributed by atoms with E-state index >= 15 is 4.79 Å². The molecule has 18 heteroatoms. The van der Waals surface area contributed by atoms with Crippen molar-refractivity contribution in [2.24, 2.45) is 5.92 Å². The second-order valence-electron chi connectivity index (χ2n) is 19.0. The Bertz CT molecular complexity index is 3070. The fourth-order valence-electron chi connectivity index (χ4n) is 9.18. The minimum absolute atomic E-state index is 0.0836. The maximum atomic E-state index is 15.1. The first-order valence-corrected chi connectivity index (χ1v) is 24.2. The fourth-order valence-corrected chi connectivity index (χ4v) is 10.4. The van der Waals surface area contributed by atoms with Crippen molar-refractivity contribution in [1.29, 1.82) is 0 Å². The van der Waals surface area contributed by atoms with Crippen LogP contribution in [0.2, 0.25) is 0 Å². The first kappa shape index (κ1) is 45.3. The molecule has 1 saturated heterocycles. The van der Waals surface area contributed by atoms with Gasteiger partial charge in [0, 0.05) is 69.8 Å². The molecule has 0 spiro atoms. The lowest BCUT2D eigenvalue weighted by Gasteiger charge is -2.46. The van der Waals surface area contributed by atoms with Crippen LogP contribution in [-0.2, 0) is 18.0 Å². The van der Waals surface area contributed by atoms with Crippen LogP contribution in [0.25, 0.3) is 45.3 Å². The Balaban J connectivity index is 1.01. The number of rotatable bonds is 10. The van der Waals surface area contributed by atoms with Crippen LogP contribution < -0.4 is 18.9 Å². The zero-order chi connectivity index (χ0) is 48.0. The minimum atomic E-state index is -0.948. The zero-order valence-corrected chi connectivity index (χ0v) is 41.2. The number of hydrogen-bond donors (Lipinski definition) is 1. The summed E-state index contributed by atoms with van der Waals surface area (Å²) in [5.74, 6) is 1.78. The van der Waals surface area contributed by atoms with E-state index < -0.39 is 23.3 Å². The number of nitrogens with zero attached hydrogens (tertiary/aromatic N) is 7. The molecule has 354 valence electrons. The molecule has 2 unspecified atom stereocenters. The van der Waals surface area contributed by atoms with Crippen molar-refractivity contribution >= 4 is 34.5 Å². The number of aromatic nitrogens is 5. The molecule has 5 aromatic heterocycles. The monoisotopic (exact) mass is 959 g/mol. The maximum absolute atomic E-state index is 15.1. The van der Waals surface area contributed by atoms with Gasteiger partial charge in [0.25, 0.3) is 11.8 Å². The van der Waals surface area contributed by atoms with Crippen LogP contribution in [0.3, 0.4) is 0 Å². The third-order valence-corrected chi connectivity index (χ3v) is 14.6. The van der Waals surface area contributed by atoms with Gasteiger partial charge in [-0.25, -0.2) is 14.3 Å². The third kappa shape index (κ3) is 7.35. The summed E-state index contributed by atoms with van der Waals surface area (Å²) in [4.78, 5) is 37.6. The van der Waals surface area contributed by atoms with Gasteiger partial charge in [0.15, 0.2) is 11.4 Å². The van der Waals surface area contributed by atoms with Gasteiger partial charge in [0.2, 0.25) is 5.89 Å². The lowest BCUT2D eigenvalue weighted by molar-refractivity contribution is -0.101. The van der Waals surface area contributed by atoms with Gasteiger partial charge in [-0.15, -0.1) is 0 Å². The number of fused-ring (bicyclic) bond motifs is 6. The molecule has 2 aromatic carbocycles. The van der Waals surface area contributed by atoms with E-state index in [9.17, 15) is 9.90 Å². The van der Waals surface area contributed by atoms with Crippen LogP contribution in [0.4, 0.5) is 0 Å². The Morgan fingerprint density at radius 3 is 2.03 bits per heavy atom. The first-order chi connectivity index (χ1) is 32.5. The topological polar surface area (TPSA) is 169 Å². The van der Waals surface area contributed by atoms with Crippen molar-refractivity contribution < 1.29 is 42.8 Å². The Morgan fingerprint density at radius 2 is 1.46 bits per heavy atom. The summed E-state index contributed by atoms with van der Waals surface area (Å²) >= 11 is 3.06. The largest absolute Gasteiger partial charge is 0.496 e. The number of oxazole rings is 1. The van der Waals surface area contributed by atoms with E-state index in [0.717, 1.165) is 17.1 Å². The van der Waals surface area contributed by atoms with E-state index in [0.29, 0.717) is 80.0 Å². The lowest BCUT2D eigenvalue weighted by Crippen LogP contribution is -2.57. The zero-order valence-electron chi connectivity index (χ0n) is 39.6. The van der Waals surface area contributed by atoms with E-state index in [1.165, 1.54) is 22.7 Å². The number of thiophene rings is 2. The van der Waals surface area contributed by atoms with Gasteiger partial charge in [-0.2, -0.15) is 32.9 Å². The molecule has 1 N–H and O–H groups in total. The highest BCUT2D eigenvalue weighted by Crippen LogP contribution is 2.49. The number of methoxy groups -OCH3 is 2. The second-order valence-corrected chi connectivity index (χ2v) is 20.6. The van der Waals surface area contributed by atoms with Crippen LogP contribution in [0.1, 0.15) is 104 Å². The molecule has 0 aliphatic carbocycles. The molecule has 2 atom stereocenters. The van der Waals surface area contributed by atoms with Gasteiger partial charge in [0.05, 0.1) is 60.8 Å². The number of aliphatic hydroxyl groups is 1. The van der Waals surface area contributed by atoms with Crippen molar-refractivity contribution in [1.82, 2.24) is 34.3 Å². The molecular weight excluding hydrogens is 907 g/mol. The van der Waals surface area contributed by atoms with Crippen LogP contribution in [0, 0.1) is 5.92 Å². The highest BCUT2D eigenvalue weighted by atomic mass is 32.1. The average Bonchev–Trinajstić information content (AvgIpc) is 4.19. The number of benzene rings is 2. The molecule has 68 heavy (non-hydrogen) atoms. The predicted molar refractivity (Wildman–Crippen MR) is 256 cm³/mol. The molecule has 1 fully saturated rings. The van der Waals surface area contributed by atoms with Gasteiger partial charge in [-0.05, 0) is 75.6 Å². The maximum Gasteiger partial charge on any atom is 0.275 e. The second kappa shape index (κ2) is 16.9. The summed E-state index contributed by atoms with van der Waals surface area (Å²) < 4.78 is 40.6. The summed E-state index contributed by atoms with van der Waals surface area (Å²) in [7, 11) is 4.92. The first-order valence-electron chi connectivity index (χ1n) is 22.4. The smallest absolute Gasteiger partial charge is 0.275 e. The van der Waals surface area contributed by atoms with Gasteiger partial charge < -0.3 is 43.0 Å². The van der Waals surface area contributed by atoms with E-state index in [1.807, 2.05) is 94.3 Å². The van der Waals surface area contributed by atoms with Crippen molar-refractivity contribution in [2.45, 2.75) is 85.0 Å². The minimum Gasteiger partial charge on any atom is -0.496 e. The van der Waals surface area contributed by atoms with E-state index in [2.05, 4.69) is 0 Å². The summed E-state index contributed by atoms with van der Waals surface area (Å²) in [6.07, 6.45) is 0.0502. The summed E-state index contributed by atoms with van der Waals surface area (Å²) in [6.45, 7) is 14.5. The van der Waals surface area contributed by atoms with Crippen LogP contribution >= 0.6 is 22.7 Å². The van der Waals surface area contributed by atoms with Crippen LogP contribution in [-0.4, -0.2) is 96.8 Å². The quantitative estimate of drug-likeness (QED) is 0.138. The number of carbonyl (C=O) groups is 2. The third-order valence-electron chi connectivity index (χ3n) is 13.2. The van der Waals surface area contributed by atoms with Crippen molar-refractivity contribution in [2.75, 3.05) is 34.4 Å². The average molecular weight is 960 g/mol. The Kier molecular flexibility index (Phi) is 11.3. The molecule has 10 rings (SSSR count). The lowest BCUT2D eigenvalue weighted by atomic mass is 9.90. The normalized spacial score (nSPS) is 16.5. The Hall–Kier alpha value is -6.47. The molecule has 0 radical (unpaired) electrons. The van der Waals surface area contributed by atoms with Crippen molar-refractivity contribution in [3.05, 3.63) is 98.0 Å². The molecule has 3 aliphatic heterocycles. The number of amides is 2. The predicted octanol–water partition coefficient (Wildman–Crippen LogP) is 9.52. The molecule has 0 saturated carbocycles. The van der Waals surface area contributed by atoms with E-state index in [-0.39, 0.29) is 49.1 Å². The van der Waals surface area contributed by atoms with Crippen molar-refractivity contribution in [3.63, 3.8) is 0 Å². The molecule has 8 heterocycles. The number of morpholine rings is 1. The van der Waals surface area contributed by atoms with Crippen molar-refractivity contribution in [3.8, 4) is 68.3 Å². The molecule has 0 bridgehead atoms. The molecule has 7 aromatic rings. The molecule has 16 nitrogen and oxygen atoms in total. The number of aliphatic hydroxyl groups excluding tert-OH is 1. The number of hydrogen-bond acceptors (Lipinski definition) is 14. The van der Waals surface area contributed by atoms with Gasteiger partial charge >= 0.3 is 0 Å². The van der Waals surface area contributed by atoms with E-state index in [1.54, 1.807) is 58.8 Å². The Morgan fingerprint density at radius 1 is 0.868 bits per heavy atom. The van der Waals surface area contributed by atoms with Crippen LogP contribution in [0.5, 0.6) is 23.0 Å². The summed E-state index contributed by atoms with van der Waals surface area (Å²) in [5, 5.41) is 29.1. The van der Waals surface area contributed by atoms with Crippen LogP contribution in [0.15, 0.2) is 68.6 Å². The summed E-state index contributed by atoms with van der Waals surface area (Å²) in [5.41, 5.74) is 6.57. The number of carbonyl (C=O) groups excluding carboxylic acids is 2. The van der Waals surface area contributed by atoms with E-state index in [4.69, 9.17) is 43.3 Å². The SMILES string of the molecule is COc1cc2c(cc1-c1nc(C3OCCN(C(=O)c4nn(-c5ccsc5)c5c4COc4cc(OC)c(C(O)C(C)C)cc4-5)C3(C)C)co1)-c1c(c(C(=O)N(C)C(C)(C)C)nn1-c1ccsc1)CO2. The molecule has 2 amide bonds. The highest BCUT2D eigenvalue weighted by molar-refractivity contribution is 7.08.